The molecule has 3 aliphatic heterocycles. The third-order valence-electron chi connectivity index (χ3n) is 5.57. The van der Waals surface area contributed by atoms with Gasteiger partial charge in [0.2, 0.25) is 5.91 Å². The summed E-state index contributed by atoms with van der Waals surface area (Å²) >= 11 is 0. The molecule has 3 heterocycles. The molecule has 0 radical (unpaired) electrons. The Morgan fingerprint density at radius 3 is 2.32 bits per heavy atom. The molecule has 28 heavy (non-hydrogen) atoms. The smallest absolute Gasteiger partial charge is 0.414 e. The van der Waals surface area contributed by atoms with Crippen LogP contribution in [0.3, 0.4) is 0 Å². The van der Waals surface area contributed by atoms with Crippen molar-refractivity contribution >= 4 is 23.6 Å². The predicted octanol–water partition coefficient (Wildman–Crippen LogP) is 1.43. The molecule has 0 aromatic heterocycles. The zero-order valence-electron chi connectivity index (χ0n) is 16.2. The maximum absolute atomic E-state index is 12.7. The molecule has 150 valence electrons. The number of rotatable bonds is 3. The van der Waals surface area contributed by atoms with Crippen molar-refractivity contribution in [1.82, 2.24) is 10.2 Å². The van der Waals surface area contributed by atoms with Gasteiger partial charge in [-0.3, -0.25) is 14.5 Å². The summed E-state index contributed by atoms with van der Waals surface area (Å²) < 4.78 is 10.9. The normalized spacial score (nSPS) is 23.1. The predicted molar refractivity (Wildman–Crippen MR) is 101 cm³/mol. The fraction of sp³-hybridized carbons (Fsp3) is 0.550. The largest absolute Gasteiger partial charge is 0.447 e. The SMILES string of the molecule is CC1(C)NC(=O)C2(CCN(C(=O)Cc3ccc(N4CCOC4=O)cc3)CC2)O1. The van der Waals surface area contributed by atoms with Crippen molar-refractivity contribution in [3.63, 3.8) is 0 Å². The lowest BCUT2D eigenvalue weighted by Gasteiger charge is -2.37. The average molecular weight is 387 g/mol. The van der Waals surface area contributed by atoms with Gasteiger partial charge in [0.15, 0.2) is 5.60 Å². The molecule has 8 nitrogen and oxygen atoms in total. The van der Waals surface area contributed by atoms with Crippen molar-refractivity contribution in [2.45, 2.75) is 44.4 Å². The number of cyclic esters (lactones) is 1. The number of amides is 3. The van der Waals surface area contributed by atoms with Crippen molar-refractivity contribution in [2.24, 2.45) is 0 Å². The number of anilines is 1. The molecular weight excluding hydrogens is 362 g/mol. The fourth-order valence-electron chi connectivity index (χ4n) is 4.10. The minimum atomic E-state index is -0.813. The first kappa shape index (κ1) is 18.7. The highest BCUT2D eigenvalue weighted by Crippen LogP contribution is 2.35. The van der Waals surface area contributed by atoms with Crippen LogP contribution in [0.4, 0.5) is 10.5 Å². The van der Waals surface area contributed by atoms with Gasteiger partial charge in [0.05, 0.1) is 13.0 Å². The topological polar surface area (TPSA) is 88.2 Å². The summed E-state index contributed by atoms with van der Waals surface area (Å²) in [6.45, 7) is 5.61. The molecule has 1 aromatic rings. The lowest BCUT2D eigenvalue weighted by atomic mass is 9.90. The first-order chi connectivity index (χ1) is 13.3. The third kappa shape index (κ3) is 3.44. The van der Waals surface area contributed by atoms with Gasteiger partial charge in [-0.15, -0.1) is 0 Å². The summed E-state index contributed by atoms with van der Waals surface area (Å²) in [7, 11) is 0. The monoisotopic (exact) mass is 387 g/mol. The van der Waals surface area contributed by atoms with E-state index in [4.69, 9.17) is 9.47 Å². The van der Waals surface area contributed by atoms with Gasteiger partial charge in [0.25, 0.3) is 5.91 Å². The molecular formula is C20H25N3O5. The molecule has 3 fully saturated rings. The van der Waals surface area contributed by atoms with Crippen LogP contribution in [0.5, 0.6) is 0 Å². The van der Waals surface area contributed by atoms with Gasteiger partial charge >= 0.3 is 6.09 Å². The molecule has 0 bridgehead atoms. The molecule has 3 amide bonds. The Hall–Kier alpha value is -2.61. The molecule has 4 rings (SSSR count). The van der Waals surface area contributed by atoms with E-state index in [9.17, 15) is 14.4 Å². The maximum atomic E-state index is 12.7. The highest BCUT2D eigenvalue weighted by atomic mass is 16.6. The van der Waals surface area contributed by atoms with E-state index >= 15 is 0 Å². The molecule has 1 spiro atoms. The first-order valence-corrected chi connectivity index (χ1v) is 9.62. The van der Waals surface area contributed by atoms with Crippen molar-refractivity contribution in [3.05, 3.63) is 29.8 Å². The summed E-state index contributed by atoms with van der Waals surface area (Å²) in [5, 5.41) is 2.87. The molecule has 3 saturated heterocycles. The molecule has 1 aromatic carbocycles. The van der Waals surface area contributed by atoms with Crippen LogP contribution in [-0.4, -0.2) is 60.4 Å². The summed E-state index contributed by atoms with van der Waals surface area (Å²) in [5.41, 5.74) is 0.183. The van der Waals surface area contributed by atoms with Gasteiger partial charge in [-0.25, -0.2) is 4.79 Å². The molecule has 0 unspecified atom stereocenters. The van der Waals surface area contributed by atoms with Crippen molar-refractivity contribution in [1.29, 1.82) is 0 Å². The summed E-state index contributed by atoms with van der Waals surface area (Å²) in [5.74, 6) is -0.0542. The minimum Gasteiger partial charge on any atom is -0.447 e. The number of benzene rings is 1. The Balaban J connectivity index is 1.34. The zero-order valence-corrected chi connectivity index (χ0v) is 16.2. The van der Waals surface area contributed by atoms with Gasteiger partial charge in [0, 0.05) is 31.6 Å². The molecule has 0 aliphatic carbocycles. The van der Waals surface area contributed by atoms with E-state index in [0.717, 1.165) is 11.3 Å². The van der Waals surface area contributed by atoms with Crippen molar-refractivity contribution in [3.8, 4) is 0 Å². The highest BCUT2D eigenvalue weighted by molar-refractivity contribution is 5.89. The van der Waals surface area contributed by atoms with Crippen LogP contribution in [0.2, 0.25) is 0 Å². The van der Waals surface area contributed by atoms with Crippen LogP contribution in [0.15, 0.2) is 24.3 Å². The van der Waals surface area contributed by atoms with E-state index in [1.807, 2.05) is 38.1 Å². The average Bonchev–Trinajstić information content (AvgIpc) is 3.16. The highest BCUT2D eigenvalue weighted by Gasteiger charge is 2.53. The van der Waals surface area contributed by atoms with Crippen molar-refractivity contribution in [2.75, 3.05) is 31.1 Å². The van der Waals surface area contributed by atoms with E-state index in [2.05, 4.69) is 5.32 Å². The molecule has 3 aliphatic rings. The van der Waals surface area contributed by atoms with E-state index in [-0.39, 0.29) is 24.3 Å². The lowest BCUT2D eigenvalue weighted by molar-refractivity contribution is -0.152. The maximum Gasteiger partial charge on any atom is 0.414 e. The number of carbonyl (C=O) groups is 3. The van der Waals surface area contributed by atoms with E-state index in [0.29, 0.717) is 39.1 Å². The Morgan fingerprint density at radius 2 is 1.79 bits per heavy atom. The van der Waals surface area contributed by atoms with Crippen LogP contribution in [0, 0.1) is 0 Å². The lowest BCUT2D eigenvalue weighted by Crippen LogP contribution is -2.51. The standard InChI is InChI=1S/C20H25N3O5/c1-19(2)21-17(25)20(28-19)7-9-22(10-8-20)16(24)13-14-3-5-15(6-4-14)23-11-12-27-18(23)26/h3-6H,7-13H2,1-2H3,(H,21,25). The Kier molecular flexibility index (Phi) is 4.53. The minimum absolute atomic E-state index is 0.0286. The molecule has 0 atom stereocenters. The zero-order chi connectivity index (χ0) is 19.9. The molecule has 0 saturated carbocycles. The summed E-state index contributed by atoms with van der Waals surface area (Å²) in [4.78, 5) is 40.0. The number of carbonyl (C=O) groups excluding carboxylic acids is 3. The van der Waals surface area contributed by atoms with Gasteiger partial charge in [-0.05, 0) is 31.5 Å². The van der Waals surface area contributed by atoms with E-state index in [1.165, 1.54) is 0 Å². The number of piperidine rings is 1. The van der Waals surface area contributed by atoms with Crippen LogP contribution >= 0.6 is 0 Å². The second-order valence-corrected chi connectivity index (χ2v) is 8.05. The Bertz CT molecular complexity index is 797. The van der Waals surface area contributed by atoms with Gasteiger partial charge in [-0.2, -0.15) is 0 Å². The number of hydrogen-bond donors (Lipinski definition) is 1. The van der Waals surface area contributed by atoms with Crippen LogP contribution < -0.4 is 10.2 Å². The summed E-state index contributed by atoms with van der Waals surface area (Å²) in [6, 6.07) is 7.39. The summed E-state index contributed by atoms with van der Waals surface area (Å²) in [6.07, 6.45) is 0.956. The number of nitrogens with one attached hydrogen (secondary N) is 1. The van der Waals surface area contributed by atoms with E-state index in [1.54, 1.807) is 9.80 Å². The van der Waals surface area contributed by atoms with Crippen LogP contribution in [-0.2, 0) is 25.5 Å². The number of likely N-dealkylation sites (tertiary alicyclic amines) is 1. The quantitative estimate of drug-likeness (QED) is 0.848. The molecule has 1 N–H and O–H groups in total. The second-order valence-electron chi connectivity index (χ2n) is 8.05. The number of ether oxygens (including phenoxy) is 2. The first-order valence-electron chi connectivity index (χ1n) is 9.62. The number of hydrogen-bond acceptors (Lipinski definition) is 5. The Morgan fingerprint density at radius 1 is 1.11 bits per heavy atom. The van der Waals surface area contributed by atoms with Crippen LogP contribution in [0.25, 0.3) is 0 Å². The van der Waals surface area contributed by atoms with Gasteiger partial charge < -0.3 is 19.7 Å². The van der Waals surface area contributed by atoms with Crippen LogP contribution in [0.1, 0.15) is 32.3 Å². The fourth-order valence-corrected chi connectivity index (χ4v) is 4.10. The van der Waals surface area contributed by atoms with Gasteiger partial charge in [-0.1, -0.05) is 12.1 Å². The second kappa shape index (κ2) is 6.77. The van der Waals surface area contributed by atoms with E-state index < -0.39 is 11.3 Å². The van der Waals surface area contributed by atoms with Gasteiger partial charge in [0.1, 0.15) is 12.3 Å². The van der Waals surface area contributed by atoms with Crippen molar-refractivity contribution < 1.29 is 23.9 Å². The Labute approximate surface area is 163 Å². The number of nitrogens with zero attached hydrogens (tertiary/aromatic N) is 2. The third-order valence-corrected chi connectivity index (χ3v) is 5.57. The molecule has 8 heteroatoms.